The van der Waals surface area contributed by atoms with E-state index in [1.165, 1.54) is 18.2 Å². The maximum absolute atomic E-state index is 12.9. The zero-order valence-electron chi connectivity index (χ0n) is 8.64. The van der Waals surface area contributed by atoms with Crippen molar-refractivity contribution in [2.24, 2.45) is 0 Å². The lowest BCUT2D eigenvalue weighted by molar-refractivity contribution is 0.628. The second kappa shape index (κ2) is 5.04. The Morgan fingerprint density at radius 1 is 1.24 bits per heavy atom. The molecule has 0 saturated heterocycles. The number of rotatable bonds is 1. The highest BCUT2D eigenvalue weighted by atomic mass is 127. The standard InChI is InChI=1S/C11H6Cl2FIN2/c1-5-9(15)10(13)17-11(16-5)7-3-2-6(14)4-8(7)12/h2-4H,1H3. The number of nitrogens with zero attached hydrogens (tertiary/aromatic N) is 2. The van der Waals surface area contributed by atoms with Crippen molar-refractivity contribution in [3.8, 4) is 11.4 Å². The van der Waals surface area contributed by atoms with Crippen LogP contribution in [0.15, 0.2) is 18.2 Å². The van der Waals surface area contributed by atoms with Crippen LogP contribution in [0.4, 0.5) is 4.39 Å². The monoisotopic (exact) mass is 382 g/mol. The highest BCUT2D eigenvalue weighted by molar-refractivity contribution is 14.1. The van der Waals surface area contributed by atoms with E-state index in [1.54, 1.807) is 0 Å². The second-order valence-corrected chi connectivity index (χ2v) is 5.21. The molecule has 0 bridgehead atoms. The lowest BCUT2D eigenvalue weighted by atomic mass is 10.2. The van der Waals surface area contributed by atoms with Gasteiger partial charge < -0.3 is 0 Å². The number of hydrogen-bond donors (Lipinski definition) is 0. The van der Waals surface area contributed by atoms with Crippen LogP contribution in [0.1, 0.15) is 5.69 Å². The summed E-state index contributed by atoms with van der Waals surface area (Å²) in [7, 11) is 0. The summed E-state index contributed by atoms with van der Waals surface area (Å²) < 4.78 is 13.7. The molecule has 0 N–H and O–H groups in total. The lowest BCUT2D eigenvalue weighted by Gasteiger charge is -2.06. The summed E-state index contributed by atoms with van der Waals surface area (Å²) in [5, 5.41) is 0.634. The highest BCUT2D eigenvalue weighted by Crippen LogP contribution is 2.28. The Labute approximate surface area is 121 Å². The SMILES string of the molecule is Cc1nc(-c2ccc(F)cc2Cl)nc(Cl)c1I. The average Bonchev–Trinajstić information content (AvgIpc) is 2.25. The molecule has 1 aromatic heterocycles. The largest absolute Gasteiger partial charge is 0.232 e. The molecule has 6 heteroatoms. The molecule has 2 nitrogen and oxygen atoms in total. The molecule has 1 aromatic carbocycles. The highest BCUT2D eigenvalue weighted by Gasteiger charge is 2.12. The summed E-state index contributed by atoms with van der Waals surface area (Å²) in [5.74, 6) is 0.00463. The van der Waals surface area contributed by atoms with Crippen LogP contribution in [-0.4, -0.2) is 9.97 Å². The third-order valence-electron chi connectivity index (χ3n) is 2.15. The Bertz CT molecular complexity index is 567. The molecular formula is C11H6Cl2FIN2. The number of aromatic nitrogens is 2. The molecule has 0 aliphatic carbocycles. The van der Waals surface area contributed by atoms with Gasteiger partial charge in [-0.2, -0.15) is 0 Å². The van der Waals surface area contributed by atoms with E-state index in [-0.39, 0.29) is 5.02 Å². The van der Waals surface area contributed by atoms with Crippen molar-refractivity contribution in [1.29, 1.82) is 0 Å². The van der Waals surface area contributed by atoms with Crippen LogP contribution >= 0.6 is 45.8 Å². The van der Waals surface area contributed by atoms with Gasteiger partial charge in [0.25, 0.3) is 0 Å². The quantitative estimate of drug-likeness (QED) is 0.536. The molecule has 0 unspecified atom stereocenters. The molecule has 0 aliphatic rings. The third-order valence-corrected chi connectivity index (χ3v) is 4.35. The van der Waals surface area contributed by atoms with Gasteiger partial charge in [0.15, 0.2) is 5.82 Å². The summed E-state index contributed by atoms with van der Waals surface area (Å²) in [4.78, 5) is 8.42. The minimum atomic E-state index is -0.396. The van der Waals surface area contributed by atoms with Crippen molar-refractivity contribution in [3.05, 3.63) is 43.5 Å². The molecule has 0 saturated carbocycles. The van der Waals surface area contributed by atoms with Gasteiger partial charge in [-0.1, -0.05) is 23.2 Å². The zero-order valence-corrected chi connectivity index (χ0v) is 12.3. The number of halogens is 4. The molecule has 0 fully saturated rings. The molecule has 0 atom stereocenters. The molecule has 0 radical (unpaired) electrons. The minimum absolute atomic E-state index is 0.265. The van der Waals surface area contributed by atoms with Gasteiger partial charge in [0.1, 0.15) is 11.0 Å². The van der Waals surface area contributed by atoms with Gasteiger partial charge in [-0.25, -0.2) is 14.4 Å². The summed E-state index contributed by atoms with van der Waals surface area (Å²) >= 11 is 14.0. The van der Waals surface area contributed by atoms with Crippen LogP contribution in [0.25, 0.3) is 11.4 Å². The van der Waals surface area contributed by atoms with Crippen LogP contribution < -0.4 is 0 Å². The Hall–Kier alpha value is -0.460. The first-order chi connectivity index (χ1) is 7.99. The summed E-state index contributed by atoms with van der Waals surface area (Å²) in [6, 6.07) is 4.07. The van der Waals surface area contributed by atoms with Crippen molar-refractivity contribution < 1.29 is 4.39 Å². The predicted octanol–water partition coefficient (Wildman–Crippen LogP) is 4.50. The zero-order chi connectivity index (χ0) is 12.6. The molecule has 1 heterocycles. The van der Waals surface area contributed by atoms with E-state index in [0.29, 0.717) is 16.5 Å². The van der Waals surface area contributed by atoms with Gasteiger partial charge in [-0.3, -0.25) is 0 Å². The Morgan fingerprint density at radius 3 is 2.53 bits per heavy atom. The first-order valence-corrected chi connectivity index (χ1v) is 6.47. The normalized spacial score (nSPS) is 10.6. The number of aryl methyl sites for hydroxylation is 1. The topological polar surface area (TPSA) is 25.8 Å². The first kappa shape index (κ1) is 13.0. The van der Waals surface area contributed by atoms with Crippen LogP contribution in [-0.2, 0) is 0 Å². The van der Waals surface area contributed by atoms with Gasteiger partial charge in [0.05, 0.1) is 14.3 Å². The van der Waals surface area contributed by atoms with Gasteiger partial charge >= 0.3 is 0 Å². The van der Waals surface area contributed by atoms with E-state index in [1.807, 2.05) is 6.92 Å². The van der Waals surface area contributed by atoms with Gasteiger partial charge in [0, 0.05) is 5.56 Å². The maximum Gasteiger partial charge on any atom is 0.162 e. The van der Waals surface area contributed by atoms with E-state index in [2.05, 4.69) is 32.6 Å². The van der Waals surface area contributed by atoms with Crippen LogP contribution in [0.2, 0.25) is 10.2 Å². The van der Waals surface area contributed by atoms with Gasteiger partial charge in [-0.15, -0.1) is 0 Å². The Morgan fingerprint density at radius 2 is 1.94 bits per heavy atom. The number of benzene rings is 1. The molecular weight excluding hydrogens is 377 g/mol. The molecule has 2 rings (SSSR count). The Balaban J connectivity index is 2.61. The van der Waals surface area contributed by atoms with Crippen molar-refractivity contribution in [2.75, 3.05) is 0 Å². The van der Waals surface area contributed by atoms with Crippen molar-refractivity contribution >= 4 is 45.8 Å². The summed E-state index contributed by atoms with van der Waals surface area (Å²) in [6.07, 6.45) is 0. The average molecular weight is 383 g/mol. The molecule has 17 heavy (non-hydrogen) atoms. The fourth-order valence-electron chi connectivity index (χ4n) is 1.32. The molecule has 88 valence electrons. The summed E-state index contributed by atoms with van der Waals surface area (Å²) in [5.41, 5.74) is 1.33. The van der Waals surface area contributed by atoms with Crippen molar-refractivity contribution in [2.45, 2.75) is 6.92 Å². The second-order valence-electron chi connectivity index (χ2n) is 3.36. The van der Waals surface area contributed by atoms with Crippen LogP contribution in [0, 0.1) is 16.3 Å². The van der Waals surface area contributed by atoms with Crippen LogP contribution in [0.5, 0.6) is 0 Å². The lowest BCUT2D eigenvalue weighted by Crippen LogP contribution is -1.97. The third kappa shape index (κ3) is 2.69. The Kier molecular flexibility index (Phi) is 3.85. The van der Waals surface area contributed by atoms with Gasteiger partial charge in [-0.05, 0) is 47.7 Å². The van der Waals surface area contributed by atoms with E-state index in [0.717, 1.165) is 9.26 Å². The van der Waals surface area contributed by atoms with E-state index in [9.17, 15) is 4.39 Å². The van der Waals surface area contributed by atoms with E-state index in [4.69, 9.17) is 23.2 Å². The fourth-order valence-corrected chi connectivity index (χ4v) is 2.03. The first-order valence-electron chi connectivity index (χ1n) is 4.64. The van der Waals surface area contributed by atoms with Crippen LogP contribution in [0.3, 0.4) is 0 Å². The molecule has 0 spiro atoms. The molecule has 2 aromatic rings. The maximum atomic E-state index is 12.9. The van der Waals surface area contributed by atoms with Crippen molar-refractivity contribution in [1.82, 2.24) is 9.97 Å². The summed E-state index contributed by atoms with van der Waals surface area (Å²) in [6.45, 7) is 1.83. The predicted molar refractivity (Wildman–Crippen MR) is 74.9 cm³/mol. The van der Waals surface area contributed by atoms with E-state index < -0.39 is 5.82 Å². The molecule has 0 aliphatic heterocycles. The minimum Gasteiger partial charge on any atom is -0.232 e. The smallest absolute Gasteiger partial charge is 0.162 e. The van der Waals surface area contributed by atoms with Gasteiger partial charge in [0.2, 0.25) is 0 Å². The fraction of sp³-hybridized carbons (Fsp3) is 0.0909. The van der Waals surface area contributed by atoms with E-state index >= 15 is 0 Å². The van der Waals surface area contributed by atoms with Crippen molar-refractivity contribution in [3.63, 3.8) is 0 Å². The number of hydrogen-bond acceptors (Lipinski definition) is 2. The molecule has 0 amide bonds.